The summed E-state index contributed by atoms with van der Waals surface area (Å²) in [6, 6.07) is 10.4. The molecule has 2 aromatic carbocycles. The van der Waals surface area contributed by atoms with E-state index in [-0.39, 0.29) is 12.2 Å². The van der Waals surface area contributed by atoms with Gasteiger partial charge in [0, 0.05) is 12.0 Å². The lowest BCUT2D eigenvalue weighted by Gasteiger charge is -2.06. The minimum absolute atomic E-state index is 0.00624. The van der Waals surface area contributed by atoms with Gasteiger partial charge in [-0.15, -0.1) is 0 Å². The fourth-order valence-electron chi connectivity index (χ4n) is 1.78. The van der Waals surface area contributed by atoms with Crippen molar-refractivity contribution in [3.63, 3.8) is 0 Å². The minimum Gasteiger partial charge on any atom is -0.496 e. The molecule has 20 heavy (non-hydrogen) atoms. The first-order valence-electron chi connectivity index (χ1n) is 5.82. The lowest BCUT2D eigenvalue weighted by atomic mass is 10.0. The van der Waals surface area contributed by atoms with E-state index in [1.807, 2.05) is 0 Å². The Morgan fingerprint density at radius 2 is 1.90 bits per heavy atom. The molecular formula is C15H11BrCl2O2. The third-order valence-corrected chi connectivity index (χ3v) is 4.18. The lowest BCUT2D eigenvalue weighted by molar-refractivity contribution is 0.0993. The molecule has 0 bridgehead atoms. The van der Waals surface area contributed by atoms with Gasteiger partial charge < -0.3 is 4.74 Å². The summed E-state index contributed by atoms with van der Waals surface area (Å²) in [4.78, 5) is 12.2. The van der Waals surface area contributed by atoms with Crippen LogP contribution in [0.25, 0.3) is 0 Å². The standard InChI is InChI=1S/C15H11BrCl2O2/c1-20-15-5-3-10(8-11(15)16)14(19)7-9-2-4-12(17)13(18)6-9/h2-6,8H,7H2,1H3. The van der Waals surface area contributed by atoms with E-state index in [0.717, 1.165) is 10.0 Å². The quantitative estimate of drug-likeness (QED) is 0.689. The van der Waals surface area contributed by atoms with Crippen molar-refractivity contribution in [2.45, 2.75) is 6.42 Å². The number of rotatable bonds is 4. The first kappa shape index (κ1) is 15.4. The Hall–Kier alpha value is -1.03. The zero-order valence-corrected chi connectivity index (χ0v) is 13.7. The first-order valence-corrected chi connectivity index (χ1v) is 7.37. The summed E-state index contributed by atoms with van der Waals surface area (Å²) in [5, 5.41) is 0.933. The maximum Gasteiger partial charge on any atom is 0.167 e. The average molecular weight is 374 g/mol. The highest BCUT2D eigenvalue weighted by Crippen LogP contribution is 2.27. The van der Waals surface area contributed by atoms with Crippen molar-refractivity contribution < 1.29 is 9.53 Å². The predicted octanol–water partition coefficient (Wildman–Crippen LogP) is 5.19. The summed E-state index contributed by atoms with van der Waals surface area (Å²) < 4.78 is 5.89. The van der Waals surface area contributed by atoms with E-state index in [0.29, 0.717) is 21.4 Å². The molecule has 0 spiro atoms. The molecule has 0 saturated carbocycles. The molecule has 0 aliphatic rings. The second kappa shape index (κ2) is 6.61. The van der Waals surface area contributed by atoms with Crippen molar-refractivity contribution in [1.82, 2.24) is 0 Å². The van der Waals surface area contributed by atoms with Gasteiger partial charge in [-0.2, -0.15) is 0 Å². The number of carbonyl (C=O) groups is 1. The normalized spacial score (nSPS) is 10.4. The van der Waals surface area contributed by atoms with Gasteiger partial charge in [-0.05, 0) is 51.8 Å². The number of carbonyl (C=O) groups excluding carboxylic acids is 1. The van der Waals surface area contributed by atoms with Crippen LogP contribution in [0.15, 0.2) is 40.9 Å². The molecule has 2 aromatic rings. The van der Waals surface area contributed by atoms with E-state index in [4.69, 9.17) is 27.9 Å². The Balaban J connectivity index is 2.19. The highest BCUT2D eigenvalue weighted by atomic mass is 79.9. The van der Waals surface area contributed by atoms with Gasteiger partial charge in [-0.3, -0.25) is 4.79 Å². The molecule has 0 aromatic heterocycles. The molecule has 0 unspecified atom stereocenters. The third-order valence-electron chi connectivity index (χ3n) is 2.82. The predicted molar refractivity (Wildman–Crippen MR) is 85.2 cm³/mol. The fraction of sp³-hybridized carbons (Fsp3) is 0.133. The molecule has 0 saturated heterocycles. The highest BCUT2D eigenvalue weighted by Gasteiger charge is 2.11. The Morgan fingerprint density at radius 3 is 2.50 bits per heavy atom. The van der Waals surface area contributed by atoms with Gasteiger partial charge in [0.25, 0.3) is 0 Å². The Labute approximate surface area is 135 Å². The van der Waals surface area contributed by atoms with E-state index in [2.05, 4.69) is 15.9 Å². The van der Waals surface area contributed by atoms with Gasteiger partial charge in [0.15, 0.2) is 5.78 Å². The number of methoxy groups -OCH3 is 1. The van der Waals surface area contributed by atoms with Crippen LogP contribution in [0.1, 0.15) is 15.9 Å². The van der Waals surface area contributed by atoms with E-state index in [1.54, 1.807) is 43.5 Å². The number of hydrogen-bond acceptors (Lipinski definition) is 2. The number of Topliss-reactive ketones (excluding diaryl/α,β-unsaturated/α-hetero) is 1. The summed E-state index contributed by atoms with van der Waals surface area (Å²) in [7, 11) is 1.58. The lowest BCUT2D eigenvalue weighted by Crippen LogP contribution is -2.03. The maximum atomic E-state index is 12.2. The van der Waals surface area contributed by atoms with Crippen molar-refractivity contribution in [1.29, 1.82) is 0 Å². The molecule has 2 rings (SSSR count). The molecule has 104 valence electrons. The Kier molecular flexibility index (Phi) is 5.08. The van der Waals surface area contributed by atoms with Crippen molar-refractivity contribution in [3.05, 3.63) is 62.0 Å². The largest absolute Gasteiger partial charge is 0.496 e. The third kappa shape index (κ3) is 3.54. The van der Waals surface area contributed by atoms with E-state index < -0.39 is 0 Å². The number of hydrogen-bond donors (Lipinski definition) is 0. The van der Waals surface area contributed by atoms with Crippen LogP contribution in [0, 0.1) is 0 Å². The molecular weight excluding hydrogens is 363 g/mol. The van der Waals surface area contributed by atoms with E-state index >= 15 is 0 Å². The summed E-state index contributed by atoms with van der Waals surface area (Å²) in [5.74, 6) is 0.697. The van der Waals surface area contributed by atoms with Crippen molar-refractivity contribution in [3.8, 4) is 5.75 Å². The zero-order chi connectivity index (χ0) is 14.7. The zero-order valence-electron chi connectivity index (χ0n) is 10.6. The summed E-state index contributed by atoms with van der Waals surface area (Å²) >= 11 is 15.2. The second-order valence-corrected chi connectivity index (χ2v) is 5.87. The van der Waals surface area contributed by atoms with Crippen LogP contribution in [0.5, 0.6) is 5.75 Å². The smallest absolute Gasteiger partial charge is 0.167 e. The van der Waals surface area contributed by atoms with Crippen LogP contribution in [0.4, 0.5) is 0 Å². The molecule has 5 heteroatoms. The van der Waals surface area contributed by atoms with Gasteiger partial charge >= 0.3 is 0 Å². The maximum absolute atomic E-state index is 12.2. The van der Waals surface area contributed by atoms with Crippen LogP contribution in [-0.4, -0.2) is 12.9 Å². The Morgan fingerprint density at radius 1 is 1.15 bits per heavy atom. The van der Waals surface area contributed by atoms with Crippen LogP contribution in [0.3, 0.4) is 0 Å². The first-order chi connectivity index (χ1) is 9.51. The highest BCUT2D eigenvalue weighted by molar-refractivity contribution is 9.10. The number of ether oxygens (including phenoxy) is 1. The van der Waals surface area contributed by atoms with Crippen LogP contribution >= 0.6 is 39.1 Å². The van der Waals surface area contributed by atoms with Crippen molar-refractivity contribution in [2.24, 2.45) is 0 Å². The molecule has 2 nitrogen and oxygen atoms in total. The summed E-state index contributed by atoms with van der Waals surface area (Å²) in [5.41, 5.74) is 1.44. The fourth-order valence-corrected chi connectivity index (χ4v) is 2.64. The van der Waals surface area contributed by atoms with Gasteiger partial charge in [-0.1, -0.05) is 29.3 Å². The molecule has 0 radical (unpaired) electrons. The molecule has 0 aliphatic heterocycles. The molecule has 0 N–H and O–H groups in total. The molecule has 0 aliphatic carbocycles. The summed E-state index contributed by atoms with van der Waals surface area (Å²) in [6.07, 6.45) is 0.273. The molecule has 0 heterocycles. The molecule has 0 fully saturated rings. The van der Waals surface area contributed by atoms with E-state index in [9.17, 15) is 4.79 Å². The van der Waals surface area contributed by atoms with Crippen molar-refractivity contribution >= 4 is 44.9 Å². The summed E-state index contributed by atoms with van der Waals surface area (Å²) in [6.45, 7) is 0. The molecule has 0 amide bonds. The second-order valence-electron chi connectivity index (χ2n) is 4.20. The monoisotopic (exact) mass is 372 g/mol. The van der Waals surface area contributed by atoms with Gasteiger partial charge in [-0.25, -0.2) is 0 Å². The van der Waals surface area contributed by atoms with Gasteiger partial charge in [0.2, 0.25) is 0 Å². The van der Waals surface area contributed by atoms with E-state index in [1.165, 1.54) is 0 Å². The van der Waals surface area contributed by atoms with Crippen LogP contribution in [0.2, 0.25) is 10.0 Å². The van der Waals surface area contributed by atoms with Crippen LogP contribution < -0.4 is 4.74 Å². The average Bonchev–Trinajstić information content (AvgIpc) is 2.42. The minimum atomic E-state index is 0.00624. The number of halogens is 3. The van der Waals surface area contributed by atoms with Gasteiger partial charge in [0.05, 0.1) is 21.6 Å². The number of ketones is 1. The molecule has 0 atom stereocenters. The number of benzene rings is 2. The topological polar surface area (TPSA) is 26.3 Å². The Bertz CT molecular complexity index is 656. The van der Waals surface area contributed by atoms with Gasteiger partial charge in [0.1, 0.15) is 5.75 Å². The van der Waals surface area contributed by atoms with Crippen molar-refractivity contribution in [2.75, 3.05) is 7.11 Å². The SMILES string of the molecule is COc1ccc(C(=O)Cc2ccc(Cl)c(Cl)c2)cc1Br. The van der Waals surface area contributed by atoms with Crippen LogP contribution in [-0.2, 0) is 6.42 Å².